The first-order valence-corrected chi connectivity index (χ1v) is 9.68. The zero-order valence-corrected chi connectivity index (χ0v) is 17.6. The highest BCUT2D eigenvalue weighted by molar-refractivity contribution is 9.10. The minimum Gasteiger partial charge on any atom is -0.495 e. The van der Waals surface area contributed by atoms with Crippen LogP contribution in [0.15, 0.2) is 34.8 Å². The van der Waals surface area contributed by atoms with E-state index in [1.807, 2.05) is 26.0 Å². The highest BCUT2D eigenvalue weighted by atomic mass is 79.9. The van der Waals surface area contributed by atoms with Gasteiger partial charge >= 0.3 is 0 Å². The molecule has 5 nitrogen and oxygen atoms in total. The molecule has 142 valence electrons. The number of nitrogens with zero attached hydrogens (tertiary/aromatic N) is 1. The lowest BCUT2D eigenvalue weighted by Gasteiger charge is -2.20. The van der Waals surface area contributed by atoms with Crippen molar-refractivity contribution in [2.75, 3.05) is 23.9 Å². The molecule has 1 aliphatic heterocycles. The lowest BCUT2D eigenvalue weighted by molar-refractivity contribution is -0.122. The Balaban J connectivity index is 1.77. The van der Waals surface area contributed by atoms with E-state index in [-0.39, 0.29) is 24.8 Å². The molecule has 2 aromatic rings. The van der Waals surface area contributed by atoms with Crippen LogP contribution in [0.5, 0.6) is 5.75 Å². The zero-order chi connectivity index (χ0) is 19.7. The van der Waals surface area contributed by atoms with E-state index in [1.165, 1.54) is 7.11 Å². The summed E-state index contributed by atoms with van der Waals surface area (Å²) in [6, 6.07) is 8.91. The molecular weight excluding hydrogens is 432 g/mol. The predicted octanol–water partition coefficient (Wildman–Crippen LogP) is 4.72. The third-order valence-electron chi connectivity index (χ3n) is 4.63. The van der Waals surface area contributed by atoms with Gasteiger partial charge in [0.15, 0.2) is 0 Å². The Labute approximate surface area is 171 Å². The molecule has 1 heterocycles. The fourth-order valence-corrected chi connectivity index (χ4v) is 3.65. The number of ether oxygens (including phenoxy) is 1. The molecule has 2 aromatic carbocycles. The molecule has 1 fully saturated rings. The average Bonchev–Trinajstić information content (AvgIpc) is 3.01. The lowest BCUT2D eigenvalue weighted by atomic mass is 10.1. The van der Waals surface area contributed by atoms with Crippen molar-refractivity contribution in [3.05, 3.63) is 51.0 Å². The molecule has 0 spiro atoms. The summed E-state index contributed by atoms with van der Waals surface area (Å²) in [4.78, 5) is 26.8. The molecule has 1 saturated heterocycles. The Morgan fingerprint density at radius 2 is 1.93 bits per heavy atom. The molecule has 27 heavy (non-hydrogen) atoms. The molecule has 1 atom stereocenters. The largest absolute Gasteiger partial charge is 0.495 e. The molecular formula is C20H20BrClN2O3. The number of anilines is 2. The highest BCUT2D eigenvalue weighted by Gasteiger charge is 2.36. The molecule has 0 unspecified atom stereocenters. The van der Waals surface area contributed by atoms with E-state index >= 15 is 0 Å². The molecule has 7 heteroatoms. The van der Waals surface area contributed by atoms with Gasteiger partial charge in [-0.3, -0.25) is 9.59 Å². The van der Waals surface area contributed by atoms with Crippen LogP contribution >= 0.6 is 27.5 Å². The summed E-state index contributed by atoms with van der Waals surface area (Å²) in [6.07, 6.45) is 0.149. The van der Waals surface area contributed by atoms with E-state index in [2.05, 4.69) is 21.2 Å². The topological polar surface area (TPSA) is 58.6 Å². The lowest BCUT2D eigenvalue weighted by Crippen LogP contribution is -2.28. The first kappa shape index (κ1) is 19.7. The second-order valence-electron chi connectivity index (χ2n) is 6.63. The van der Waals surface area contributed by atoms with E-state index in [1.54, 1.807) is 23.1 Å². The van der Waals surface area contributed by atoms with E-state index in [9.17, 15) is 9.59 Å². The number of methoxy groups -OCH3 is 1. The maximum Gasteiger partial charge on any atom is 0.229 e. The summed E-state index contributed by atoms with van der Waals surface area (Å²) in [5, 5.41) is 3.44. The second kappa shape index (κ2) is 7.90. The van der Waals surface area contributed by atoms with Crippen LogP contribution in [-0.4, -0.2) is 25.5 Å². The van der Waals surface area contributed by atoms with Crippen LogP contribution in [0.25, 0.3) is 0 Å². The van der Waals surface area contributed by atoms with E-state index in [4.69, 9.17) is 16.3 Å². The standard InChI is InChI=1S/C20H20BrClN2O3/c1-11-6-15(7-12(2)19(11)21)23-20(26)13-8-18(25)24(10-13)16-9-14(22)4-5-17(16)27-3/h4-7,9,13H,8,10H2,1-3H3,(H,23,26)/t13-/m0/s1. The fraction of sp³-hybridized carbons (Fsp3) is 0.300. The third-order valence-corrected chi connectivity index (χ3v) is 6.12. The van der Waals surface area contributed by atoms with Gasteiger partial charge in [0.05, 0.1) is 18.7 Å². The van der Waals surface area contributed by atoms with Crippen LogP contribution in [-0.2, 0) is 9.59 Å². The molecule has 1 N–H and O–H groups in total. The van der Waals surface area contributed by atoms with Crippen molar-refractivity contribution in [3.8, 4) is 5.75 Å². The van der Waals surface area contributed by atoms with Crippen LogP contribution in [0.1, 0.15) is 17.5 Å². The third kappa shape index (κ3) is 4.12. The van der Waals surface area contributed by atoms with Crippen LogP contribution in [0, 0.1) is 19.8 Å². The Bertz CT molecular complexity index is 893. The van der Waals surface area contributed by atoms with Crippen LogP contribution in [0.3, 0.4) is 0 Å². The van der Waals surface area contributed by atoms with Gasteiger partial charge in [-0.25, -0.2) is 0 Å². The van der Waals surface area contributed by atoms with Gasteiger partial charge in [0, 0.05) is 28.1 Å². The Hall–Kier alpha value is -2.05. The number of rotatable bonds is 4. The average molecular weight is 452 g/mol. The maximum absolute atomic E-state index is 12.7. The Morgan fingerprint density at radius 1 is 1.26 bits per heavy atom. The number of nitrogens with one attached hydrogen (secondary N) is 1. The van der Waals surface area contributed by atoms with Gasteiger partial charge in [0.1, 0.15) is 5.75 Å². The van der Waals surface area contributed by atoms with E-state index < -0.39 is 5.92 Å². The van der Waals surface area contributed by atoms with E-state index in [0.717, 1.165) is 21.3 Å². The monoisotopic (exact) mass is 450 g/mol. The normalized spacial score (nSPS) is 16.6. The van der Waals surface area contributed by atoms with Gasteiger partial charge < -0.3 is 15.0 Å². The molecule has 0 bridgehead atoms. The summed E-state index contributed by atoms with van der Waals surface area (Å²) >= 11 is 9.59. The summed E-state index contributed by atoms with van der Waals surface area (Å²) in [7, 11) is 1.54. The van der Waals surface area contributed by atoms with Gasteiger partial charge in [-0.15, -0.1) is 0 Å². The number of hydrogen-bond acceptors (Lipinski definition) is 3. The Morgan fingerprint density at radius 3 is 2.56 bits per heavy atom. The highest BCUT2D eigenvalue weighted by Crippen LogP contribution is 2.35. The van der Waals surface area contributed by atoms with Crippen LogP contribution in [0.4, 0.5) is 11.4 Å². The van der Waals surface area contributed by atoms with Crippen molar-refractivity contribution < 1.29 is 14.3 Å². The number of halogens is 2. The number of hydrogen-bond donors (Lipinski definition) is 1. The molecule has 0 saturated carbocycles. The second-order valence-corrected chi connectivity index (χ2v) is 7.86. The van der Waals surface area contributed by atoms with Crippen LogP contribution < -0.4 is 15.0 Å². The molecule has 0 radical (unpaired) electrons. The fourth-order valence-electron chi connectivity index (χ4n) is 3.25. The van der Waals surface area contributed by atoms with Gasteiger partial charge in [-0.05, 0) is 55.3 Å². The zero-order valence-electron chi connectivity index (χ0n) is 15.3. The summed E-state index contributed by atoms with van der Waals surface area (Å²) < 4.78 is 6.36. The first-order valence-electron chi connectivity index (χ1n) is 8.51. The molecule has 0 aromatic heterocycles. The quantitative estimate of drug-likeness (QED) is 0.732. The van der Waals surface area contributed by atoms with E-state index in [0.29, 0.717) is 16.5 Å². The smallest absolute Gasteiger partial charge is 0.229 e. The minimum atomic E-state index is -0.439. The first-order chi connectivity index (χ1) is 12.8. The van der Waals surface area contributed by atoms with Gasteiger partial charge in [0.2, 0.25) is 11.8 Å². The van der Waals surface area contributed by atoms with Crippen molar-refractivity contribution in [2.45, 2.75) is 20.3 Å². The van der Waals surface area contributed by atoms with Crippen molar-refractivity contribution in [1.82, 2.24) is 0 Å². The summed E-state index contributed by atoms with van der Waals surface area (Å²) in [5.74, 6) is -0.190. The summed E-state index contributed by atoms with van der Waals surface area (Å²) in [5.41, 5.74) is 3.39. The summed E-state index contributed by atoms with van der Waals surface area (Å²) in [6.45, 7) is 4.23. The van der Waals surface area contributed by atoms with Gasteiger partial charge in [-0.2, -0.15) is 0 Å². The number of carbonyl (C=O) groups excluding carboxylic acids is 2. The number of carbonyl (C=O) groups is 2. The van der Waals surface area contributed by atoms with Gasteiger partial charge in [0.25, 0.3) is 0 Å². The predicted molar refractivity (Wildman–Crippen MR) is 111 cm³/mol. The Kier molecular flexibility index (Phi) is 5.77. The van der Waals surface area contributed by atoms with Crippen molar-refractivity contribution >= 4 is 50.7 Å². The van der Waals surface area contributed by atoms with Gasteiger partial charge in [-0.1, -0.05) is 27.5 Å². The molecule has 2 amide bonds. The van der Waals surface area contributed by atoms with Crippen molar-refractivity contribution in [2.24, 2.45) is 5.92 Å². The number of amides is 2. The number of aryl methyl sites for hydroxylation is 2. The van der Waals surface area contributed by atoms with Crippen molar-refractivity contribution in [1.29, 1.82) is 0 Å². The number of benzene rings is 2. The van der Waals surface area contributed by atoms with Crippen LogP contribution in [0.2, 0.25) is 5.02 Å². The minimum absolute atomic E-state index is 0.126. The molecule has 1 aliphatic rings. The molecule has 3 rings (SSSR count). The maximum atomic E-state index is 12.7. The molecule has 0 aliphatic carbocycles. The van der Waals surface area contributed by atoms with Crippen molar-refractivity contribution in [3.63, 3.8) is 0 Å². The SMILES string of the molecule is COc1ccc(Cl)cc1N1C[C@@H](C(=O)Nc2cc(C)c(Br)c(C)c2)CC1=O.